The van der Waals surface area contributed by atoms with Crippen molar-refractivity contribution in [2.75, 3.05) is 12.8 Å². The van der Waals surface area contributed by atoms with E-state index in [0.29, 0.717) is 18.4 Å². The SMILES string of the molecule is CC.C[C@@](CCn1ccc2cc(-c3ccc(CN4CCCC4=O)cc3)ccc2c1=O)(C(=O)NO)S(C)(=O)=O.[HH].[HH]. The first-order valence-corrected chi connectivity index (χ1v) is 14.6. The van der Waals surface area contributed by atoms with Crippen LogP contribution >= 0.6 is 0 Å². The number of sulfone groups is 1. The highest BCUT2D eigenvalue weighted by Gasteiger charge is 2.43. The number of hydrogen-bond acceptors (Lipinski definition) is 6. The molecule has 10 heteroatoms. The van der Waals surface area contributed by atoms with Crippen LogP contribution in [0.5, 0.6) is 0 Å². The molecule has 1 aromatic heterocycles. The van der Waals surface area contributed by atoms with Crippen LogP contribution in [0.1, 0.15) is 48.5 Å². The van der Waals surface area contributed by atoms with E-state index in [0.717, 1.165) is 41.3 Å². The number of amides is 2. The zero-order chi connectivity index (χ0) is 28.1. The molecule has 9 nitrogen and oxygen atoms in total. The number of nitrogens with one attached hydrogen (secondary N) is 1. The maximum absolute atomic E-state index is 13.0. The number of pyridine rings is 1. The van der Waals surface area contributed by atoms with Gasteiger partial charge in [0, 0.05) is 46.7 Å². The average Bonchev–Trinajstić information content (AvgIpc) is 3.32. The Labute approximate surface area is 225 Å². The van der Waals surface area contributed by atoms with E-state index in [2.05, 4.69) is 0 Å². The lowest BCUT2D eigenvalue weighted by molar-refractivity contribution is -0.131. The molecule has 3 aromatic rings. The molecule has 0 radical (unpaired) electrons. The molecule has 0 saturated carbocycles. The number of carbonyl (C=O) groups is 2. The van der Waals surface area contributed by atoms with Gasteiger partial charge < -0.3 is 9.47 Å². The lowest BCUT2D eigenvalue weighted by Crippen LogP contribution is -2.49. The number of fused-ring (bicyclic) bond motifs is 1. The Kier molecular flexibility index (Phi) is 9.11. The van der Waals surface area contributed by atoms with Crippen LogP contribution in [0, 0.1) is 0 Å². The maximum atomic E-state index is 13.0. The molecule has 2 N–H and O–H groups in total. The van der Waals surface area contributed by atoms with E-state index >= 15 is 0 Å². The number of benzene rings is 2. The summed E-state index contributed by atoms with van der Waals surface area (Å²) in [5, 5.41) is 10.2. The van der Waals surface area contributed by atoms with Gasteiger partial charge in [-0.3, -0.25) is 19.6 Å². The molecule has 1 atom stereocenters. The van der Waals surface area contributed by atoms with Crippen LogP contribution in [0.3, 0.4) is 0 Å². The van der Waals surface area contributed by atoms with Gasteiger partial charge in [0.2, 0.25) is 5.91 Å². The third-order valence-corrected chi connectivity index (χ3v) is 9.07. The maximum Gasteiger partial charge on any atom is 0.264 e. The number of hydrogen-bond donors (Lipinski definition) is 2. The molecule has 2 heterocycles. The van der Waals surface area contributed by atoms with Crippen LogP contribution in [0.2, 0.25) is 0 Å². The van der Waals surface area contributed by atoms with Gasteiger partial charge in [-0.25, -0.2) is 13.9 Å². The van der Waals surface area contributed by atoms with Crippen LogP contribution in [0.25, 0.3) is 21.9 Å². The van der Waals surface area contributed by atoms with Crippen LogP contribution < -0.4 is 11.0 Å². The number of nitrogens with zero attached hydrogens (tertiary/aromatic N) is 2. The summed E-state index contributed by atoms with van der Waals surface area (Å²) in [6.45, 7) is 6.61. The molecule has 1 saturated heterocycles. The number of hydroxylamine groups is 1. The topological polar surface area (TPSA) is 126 Å². The van der Waals surface area contributed by atoms with Crippen LogP contribution in [-0.4, -0.2) is 52.5 Å². The van der Waals surface area contributed by atoms with E-state index in [1.54, 1.807) is 18.3 Å². The summed E-state index contributed by atoms with van der Waals surface area (Å²) in [6, 6.07) is 15.3. The standard InChI is InChI=1S/C26H29N3O6S.C2H6.2H2/c1-26(25(32)27-33,36(2,34)35)12-15-28-14-11-21-16-20(9-10-22(21)24(28)31)19-7-5-18(6-8-19)17-29-13-3-4-23(29)30;1-2;;/h5-11,14,16,33H,3-4,12-13,15,17H2,1-2H3,(H,27,32);1-2H3;2*1H/t26-;;;/m1.../s1. The van der Waals surface area contributed by atoms with E-state index < -0.39 is 20.5 Å². The smallest absolute Gasteiger partial charge is 0.264 e. The van der Waals surface area contributed by atoms with E-state index in [-0.39, 0.29) is 27.3 Å². The minimum atomic E-state index is -3.86. The Morgan fingerprint density at radius 2 is 1.74 bits per heavy atom. The highest BCUT2D eigenvalue weighted by Crippen LogP contribution is 2.25. The van der Waals surface area contributed by atoms with Crippen molar-refractivity contribution in [3.05, 3.63) is 70.6 Å². The highest BCUT2D eigenvalue weighted by atomic mass is 32.2. The van der Waals surface area contributed by atoms with Gasteiger partial charge in [-0.15, -0.1) is 0 Å². The highest BCUT2D eigenvalue weighted by molar-refractivity contribution is 7.92. The van der Waals surface area contributed by atoms with Gasteiger partial charge in [0.15, 0.2) is 14.6 Å². The van der Waals surface area contributed by atoms with Gasteiger partial charge in [0.05, 0.1) is 0 Å². The Hall–Kier alpha value is -3.50. The van der Waals surface area contributed by atoms with Crippen LogP contribution in [0.15, 0.2) is 59.5 Å². The van der Waals surface area contributed by atoms with Crippen molar-refractivity contribution in [3.63, 3.8) is 0 Å². The fraction of sp³-hybridized carbons (Fsp3) is 0.393. The number of carbonyl (C=O) groups excluding carboxylic acids is 2. The zero-order valence-electron chi connectivity index (χ0n) is 22.2. The fourth-order valence-electron chi connectivity index (χ4n) is 4.46. The first-order valence-electron chi connectivity index (χ1n) is 12.7. The van der Waals surface area contributed by atoms with Crippen molar-refractivity contribution in [1.29, 1.82) is 0 Å². The summed E-state index contributed by atoms with van der Waals surface area (Å²) >= 11 is 0. The number of aromatic nitrogens is 1. The largest absolute Gasteiger partial charge is 0.338 e. The Bertz CT molecular complexity index is 1490. The van der Waals surface area contributed by atoms with Crippen LogP contribution in [0.4, 0.5) is 0 Å². The molecule has 0 spiro atoms. The minimum Gasteiger partial charge on any atom is -0.338 e. The monoisotopic (exact) mass is 545 g/mol. The summed E-state index contributed by atoms with van der Waals surface area (Å²) in [5.74, 6) is -0.849. The molecule has 38 heavy (non-hydrogen) atoms. The molecule has 208 valence electrons. The van der Waals surface area contributed by atoms with Crippen molar-refractivity contribution in [2.24, 2.45) is 0 Å². The molecule has 0 aliphatic carbocycles. The first kappa shape index (κ1) is 29.1. The lowest BCUT2D eigenvalue weighted by atomic mass is 10.0. The third kappa shape index (κ3) is 5.97. The fourth-order valence-corrected chi connectivity index (χ4v) is 5.30. The van der Waals surface area contributed by atoms with Gasteiger partial charge in [-0.05, 0) is 60.0 Å². The van der Waals surface area contributed by atoms with E-state index in [9.17, 15) is 22.8 Å². The second-order valence-corrected chi connectivity index (χ2v) is 11.9. The van der Waals surface area contributed by atoms with Crippen LogP contribution in [-0.2, 0) is 32.5 Å². The molecular formula is C28H39N3O6S. The number of rotatable bonds is 8. The molecule has 1 aliphatic heterocycles. The molecule has 4 rings (SSSR count). The van der Waals surface area contributed by atoms with E-state index in [4.69, 9.17) is 5.21 Å². The molecule has 1 fully saturated rings. The molecule has 0 unspecified atom stereocenters. The summed E-state index contributed by atoms with van der Waals surface area (Å²) in [5.41, 5.74) is 4.10. The Balaban J connectivity index is 0.00000196. The van der Waals surface area contributed by atoms with Crippen molar-refractivity contribution in [2.45, 2.75) is 57.9 Å². The van der Waals surface area contributed by atoms with Crippen molar-refractivity contribution in [3.8, 4) is 11.1 Å². The predicted molar refractivity (Wildman–Crippen MR) is 152 cm³/mol. The second-order valence-electron chi connectivity index (χ2n) is 9.43. The predicted octanol–water partition coefficient (Wildman–Crippen LogP) is 4.01. The van der Waals surface area contributed by atoms with Crippen molar-refractivity contribution >= 4 is 32.4 Å². The van der Waals surface area contributed by atoms with Gasteiger partial charge in [-0.2, -0.15) is 0 Å². The quantitative estimate of drug-likeness (QED) is 0.325. The normalized spacial score (nSPS) is 15.1. The Morgan fingerprint density at radius 1 is 1.08 bits per heavy atom. The average molecular weight is 546 g/mol. The number of likely N-dealkylation sites (tertiary alicyclic amines) is 1. The molecule has 0 bridgehead atoms. The summed E-state index contributed by atoms with van der Waals surface area (Å²) in [6.07, 6.45) is 3.84. The minimum absolute atomic E-state index is 0. The Morgan fingerprint density at radius 3 is 2.32 bits per heavy atom. The van der Waals surface area contributed by atoms with E-state index in [1.807, 2.05) is 55.1 Å². The summed E-state index contributed by atoms with van der Waals surface area (Å²) in [4.78, 5) is 38.8. The molecule has 2 amide bonds. The number of aryl methyl sites for hydroxylation is 1. The van der Waals surface area contributed by atoms with Gasteiger partial charge in [0.1, 0.15) is 0 Å². The summed E-state index contributed by atoms with van der Waals surface area (Å²) < 4.78 is 23.9. The first-order chi connectivity index (χ1) is 18.0. The van der Waals surface area contributed by atoms with Gasteiger partial charge in [0.25, 0.3) is 11.5 Å². The zero-order valence-corrected chi connectivity index (χ0v) is 23.0. The van der Waals surface area contributed by atoms with Crippen molar-refractivity contribution < 1.29 is 26.1 Å². The summed E-state index contributed by atoms with van der Waals surface area (Å²) in [7, 11) is -3.86. The van der Waals surface area contributed by atoms with Gasteiger partial charge in [-0.1, -0.05) is 44.2 Å². The third-order valence-electron chi connectivity index (χ3n) is 7.04. The van der Waals surface area contributed by atoms with E-state index in [1.165, 1.54) is 17.0 Å². The lowest BCUT2D eigenvalue weighted by Gasteiger charge is -2.25. The molecule has 1 aliphatic rings. The molecular weight excluding hydrogens is 506 g/mol. The van der Waals surface area contributed by atoms with Crippen molar-refractivity contribution in [1.82, 2.24) is 14.9 Å². The second kappa shape index (κ2) is 11.9. The molecule has 2 aromatic carbocycles. The van der Waals surface area contributed by atoms with Gasteiger partial charge >= 0.3 is 0 Å².